The number of carbonyl (C=O) groups is 3. The highest BCUT2D eigenvalue weighted by Crippen LogP contribution is 2.35. The molecule has 45 heavy (non-hydrogen) atoms. The van der Waals surface area contributed by atoms with E-state index in [0.717, 1.165) is 53.3 Å². The zero-order chi connectivity index (χ0) is 31.9. The molecule has 0 spiro atoms. The molecule has 1 aromatic heterocycles. The summed E-state index contributed by atoms with van der Waals surface area (Å²) in [5.41, 5.74) is 4.59. The van der Waals surface area contributed by atoms with E-state index in [1.54, 1.807) is 24.3 Å². The van der Waals surface area contributed by atoms with Gasteiger partial charge in [-0.1, -0.05) is 36.1 Å². The van der Waals surface area contributed by atoms with Crippen LogP contribution in [0.5, 0.6) is 5.75 Å². The molecule has 2 fully saturated rings. The molecule has 2 aromatic carbocycles. The van der Waals surface area contributed by atoms with E-state index in [1.807, 2.05) is 0 Å². The minimum absolute atomic E-state index is 0.170. The second-order valence-corrected chi connectivity index (χ2v) is 12.3. The number of benzene rings is 2. The molecule has 2 amide bonds. The summed E-state index contributed by atoms with van der Waals surface area (Å²) in [7, 11) is 0. The second kappa shape index (κ2) is 15.0. The standard InChI is InChI=1S/C29H27F2N5O6S3/c30-21-3-1-18(12-22(21)31)17-2-4-23(42-10-7-35-5-8-41-9-6-35)19(11-17)13-24-27(40)36(29(43)45-24)32-15-25(37)34-28-33-20(16-44-28)14-26(38)39/h1-4,11-13,16,32H,5-10,14-15H2,(H,38,39)(H,33,34,37)/b24-13-. The van der Waals surface area contributed by atoms with Crippen LogP contribution in [0.15, 0.2) is 46.7 Å². The average molecular weight is 676 g/mol. The molecule has 0 bridgehead atoms. The summed E-state index contributed by atoms with van der Waals surface area (Å²) in [5.74, 6) is -3.50. The van der Waals surface area contributed by atoms with Crippen LogP contribution < -0.4 is 15.5 Å². The van der Waals surface area contributed by atoms with Gasteiger partial charge in [0.15, 0.2) is 21.1 Å². The number of nitrogens with zero attached hydrogens (tertiary/aromatic N) is 3. The first-order valence-corrected chi connectivity index (χ1v) is 15.8. The lowest BCUT2D eigenvalue weighted by Crippen LogP contribution is -2.44. The molecular formula is C29H27F2N5O6S3. The van der Waals surface area contributed by atoms with Crippen molar-refractivity contribution in [3.05, 3.63) is 69.6 Å². The van der Waals surface area contributed by atoms with E-state index in [9.17, 15) is 23.2 Å². The maximum Gasteiger partial charge on any atom is 0.309 e. The van der Waals surface area contributed by atoms with Crippen LogP contribution in [0.25, 0.3) is 17.2 Å². The summed E-state index contributed by atoms with van der Waals surface area (Å²) >= 11 is 7.49. The van der Waals surface area contributed by atoms with Gasteiger partial charge in [0.2, 0.25) is 5.91 Å². The van der Waals surface area contributed by atoms with Gasteiger partial charge in [0, 0.05) is 30.6 Å². The molecule has 16 heteroatoms. The number of hydrazine groups is 1. The summed E-state index contributed by atoms with van der Waals surface area (Å²) in [6, 6.07) is 8.77. The van der Waals surface area contributed by atoms with Gasteiger partial charge >= 0.3 is 5.97 Å². The summed E-state index contributed by atoms with van der Waals surface area (Å²) in [6.45, 7) is 3.65. The van der Waals surface area contributed by atoms with Crippen molar-refractivity contribution in [3.63, 3.8) is 0 Å². The van der Waals surface area contributed by atoms with Crippen LogP contribution in [0.4, 0.5) is 13.9 Å². The minimum Gasteiger partial charge on any atom is -0.492 e. The molecule has 2 saturated heterocycles. The van der Waals surface area contributed by atoms with Crippen molar-refractivity contribution in [2.45, 2.75) is 6.42 Å². The number of thiocarbonyl (C=S) groups is 1. The molecular weight excluding hydrogens is 649 g/mol. The van der Waals surface area contributed by atoms with Gasteiger partial charge in [-0.25, -0.2) is 24.2 Å². The third-order valence-corrected chi connectivity index (χ3v) is 8.75. The van der Waals surface area contributed by atoms with Gasteiger partial charge < -0.3 is 19.9 Å². The number of carbonyl (C=O) groups excluding carboxylic acids is 2. The van der Waals surface area contributed by atoms with Crippen molar-refractivity contribution < 1.29 is 37.7 Å². The van der Waals surface area contributed by atoms with E-state index in [0.29, 0.717) is 54.5 Å². The topological polar surface area (TPSA) is 133 Å². The van der Waals surface area contributed by atoms with E-state index < -0.39 is 29.4 Å². The third kappa shape index (κ3) is 8.68. The summed E-state index contributed by atoms with van der Waals surface area (Å²) < 4.78 is 39.2. The van der Waals surface area contributed by atoms with Crippen LogP contribution in [-0.4, -0.2) is 88.1 Å². The molecule has 0 atom stereocenters. The smallest absolute Gasteiger partial charge is 0.309 e. The molecule has 236 valence electrons. The fourth-order valence-electron chi connectivity index (χ4n) is 4.42. The Morgan fingerprint density at radius 3 is 2.64 bits per heavy atom. The van der Waals surface area contributed by atoms with Crippen LogP contribution in [0.2, 0.25) is 0 Å². The number of anilines is 1. The average Bonchev–Trinajstić information content (AvgIpc) is 3.55. The van der Waals surface area contributed by atoms with E-state index in [4.69, 9.17) is 26.8 Å². The monoisotopic (exact) mass is 675 g/mol. The Bertz CT molecular complexity index is 1650. The molecule has 3 heterocycles. The lowest BCUT2D eigenvalue weighted by atomic mass is 10.0. The van der Waals surface area contributed by atoms with Crippen molar-refractivity contribution in [1.29, 1.82) is 0 Å². The van der Waals surface area contributed by atoms with Crippen LogP contribution in [0, 0.1) is 11.6 Å². The number of hydrogen-bond acceptors (Lipinski definition) is 11. The molecule has 11 nitrogen and oxygen atoms in total. The number of thioether (sulfide) groups is 1. The highest BCUT2D eigenvalue weighted by Gasteiger charge is 2.33. The highest BCUT2D eigenvalue weighted by molar-refractivity contribution is 8.26. The molecule has 2 aliphatic rings. The van der Waals surface area contributed by atoms with Crippen molar-refractivity contribution >= 4 is 68.6 Å². The molecule has 0 unspecified atom stereocenters. The first kappa shape index (κ1) is 32.6. The highest BCUT2D eigenvalue weighted by atomic mass is 32.2. The van der Waals surface area contributed by atoms with Gasteiger partial charge in [0.05, 0.1) is 36.8 Å². The largest absolute Gasteiger partial charge is 0.492 e. The predicted molar refractivity (Wildman–Crippen MR) is 170 cm³/mol. The minimum atomic E-state index is -1.04. The third-order valence-electron chi connectivity index (χ3n) is 6.64. The maximum absolute atomic E-state index is 14.0. The molecule has 0 radical (unpaired) electrons. The zero-order valence-corrected chi connectivity index (χ0v) is 26.0. The number of aliphatic carboxylic acids is 1. The van der Waals surface area contributed by atoms with Gasteiger partial charge in [0.25, 0.3) is 5.91 Å². The summed E-state index contributed by atoms with van der Waals surface area (Å²) in [5, 5.41) is 14.3. The van der Waals surface area contributed by atoms with Crippen LogP contribution >= 0.6 is 35.3 Å². The van der Waals surface area contributed by atoms with Crippen molar-refractivity contribution in [2.24, 2.45) is 0 Å². The normalized spacial score (nSPS) is 16.4. The molecule has 5 rings (SSSR count). The van der Waals surface area contributed by atoms with E-state index >= 15 is 0 Å². The SMILES string of the molecule is O=C(O)Cc1csc(NC(=O)CNN2C(=O)/C(=C/c3cc(-c4ccc(F)c(F)c4)ccc3OCCN3CCOCC3)SC2=S)n1. The number of hydrogen-bond donors (Lipinski definition) is 3. The first-order chi connectivity index (χ1) is 21.7. The number of carboxylic acids is 1. The zero-order valence-electron chi connectivity index (χ0n) is 23.6. The number of carboxylic acid groups (broad SMARTS) is 1. The predicted octanol–water partition coefficient (Wildman–Crippen LogP) is 3.77. The molecule has 0 saturated carbocycles. The molecule has 0 aliphatic carbocycles. The van der Waals surface area contributed by atoms with Crippen molar-refractivity contribution in [2.75, 3.05) is 51.3 Å². The number of ether oxygens (including phenoxy) is 2. The molecule has 3 N–H and O–H groups in total. The Morgan fingerprint density at radius 1 is 1.13 bits per heavy atom. The number of rotatable bonds is 12. The lowest BCUT2D eigenvalue weighted by molar-refractivity contribution is -0.136. The number of thiazole rings is 1. The van der Waals surface area contributed by atoms with Gasteiger partial charge in [-0.2, -0.15) is 0 Å². The summed E-state index contributed by atoms with van der Waals surface area (Å²) in [4.78, 5) is 43.1. The quantitative estimate of drug-likeness (QED) is 0.192. The van der Waals surface area contributed by atoms with Gasteiger partial charge in [0.1, 0.15) is 12.4 Å². The van der Waals surface area contributed by atoms with Crippen molar-refractivity contribution in [1.82, 2.24) is 20.3 Å². The lowest BCUT2D eigenvalue weighted by Gasteiger charge is -2.26. The van der Waals surface area contributed by atoms with Crippen LogP contribution in [-0.2, 0) is 25.5 Å². The Labute approximate surface area is 270 Å². The van der Waals surface area contributed by atoms with Crippen LogP contribution in [0.1, 0.15) is 11.3 Å². The van der Waals surface area contributed by atoms with E-state index in [2.05, 4.69) is 20.6 Å². The fraction of sp³-hybridized carbons (Fsp3) is 0.276. The Kier molecular flexibility index (Phi) is 10.9. The summed E-state index contributed by atoms with van der Waals surface area (Å²) in [6.07, 6.45) is 1.34. The van der Waals surface area contributed by atoms with E-state index in [1.165, 1.54) is 11.4 Å². The van der Waals surface area contributed by atoms with Crippen molar-refractivity contribution in [3.8, 4) is 16.9 Å². The second-order valence-electron chi connectivity index (χ2n) is 9.80. The van der Waals surface area contributed by atoms with Gasteiger partial charge in [-0.3, -0.25) is 19.3 Å². The number of nitrogens with one attached hydrogen (secondary N) is 2. The number of amides is 2. The maximum atomic E-state index is 14.0. The fourth-order valence-corrected chi connectivity index (χ4v) is 6.35. The van der Waals surface area contributed by atoms with Gasteiger partial charge in [-0.05, 0) is 41.5 Å². The molecule has 3 aromatic rings. The van der Waals surface area contributed by atoms with Crippen LogP contribution in [0.3, 0.4) is 0 Å². The van der Waals surface area contributed by atoms with E-state index in [-0.39, 0.29) is 27.3 Å². The first-order valence-electron chi connectivity index (χ1n) is 13.7. The Morgan fingerprint density at radius 2 is 1.89 bits per heavy atom. The Hall–Kier alpha value is -3.80. The van der Waals surface area contributed by atoms with Gasteiger partial charge in [-0.15, -0.1) is 11.3 Å². The number of halogens is 2. The Balaban J connectivity index is 1.29. The number of morpholine rings is 1. The number of aromatic nitrogens is 1. The molecule has 2 aliphatic heterocycles.